The van der Waals surface area contributed by atoms with Gasteiger partial charge in [0, 0.05) is 30.2 Å². The highest BCUT2D eigenvalue weighted by Gasteiger charge is 2.28. The van der Waals surface area contributed by atoms with Gasteiger partial charge in [-0.2, -0.15) is 16.9 Å². The lowest BCUT2D eigenvalue weighted by Crippen LogP contribution is -2.42. The van der Waals surface area contributed by atoms with Gasteiger partial charge in [0.15, 0.2) is 0 Å². The second-order valence-electron chi connectivity index (χ2n) is 6.82. The predicted molar refractivity (Wildman–Crippen MR) is 102 cm³/mol. The van der Waals surface area contributed by atoms with Gasteiger partial charge in [-0.25, -0.2) is 4.68 Å². The number of hydrogen-bond acceptors (Lipinski definition) is 4. The molecule has 0 unspecified atom stereocenters. The Hall–Kier alpha value is -2.28. The van der Waals surface area contributed by atoms with Crippen molar-refractivity contribution >= 4 is 29.4 Å². The van der Waals surface area contributed by atoms with Crippen molar-refractivity contribution in [2.45, 2.75) is 37.7 Å². The fourth-order valence-corrected chi connectivity index (χ4v) is 4.45. The predicted octanol–water partition coefficient (Wildman–Crippen LogP) is 2.88. The van der Waals surface area contributed by atoms with Crippen LogP contribution in [0.4, 0.5) is 5.82 Å². The van der Waals surface area contributed by atoms with Crippen LogP contribution < -0.4 is 5.32 Å². The van der Waals surface area contributed by atoms with E-state index in [2.05, 4.69) is 10.4 Å². The number of aryl methyl sites for hydroxylation is 1. The molecule has 2 aliphatic rings. The molecular weight excluding hydrogens is 348 g/mol. The number of hydrogen-bond donors (Lipinski definition) is 1. The Labute approximate surface area is 156 Å². The lowest BCUT2D eigenvalue weighted by molar-refractivity contribution is -0.143. The van der Waals surface area contributed by atoms with Gasteiger partial charge in [0.2, 0.25) is 0 Å². The molecule has 4 rings (SSSR count). The number of anilines is 1. The summed E-state index contributed by atoms with van der Waals surface area (Å²) in [5.41, 5.74) is 4.05. The number of thioether (sulfide) groups is 1. The summed E-state index contributed by atoms with van der Waals surface area (Å²) in [7, 11) is 0. The molecule has 0 atom stereocenters. The molecule has 1 aromatic carbocycles. The number of nitrogens with one attached hydrogen (secondary N) is 1. The SMILES string of the molecule is Cc1ccc(-n2nc3c(c2NC(=O)C(=O)N2CCCCC2)CSC3)cc1. The normalized spacial score (nSPS) is 16.4. The number of carbonyl (C=O) groups excluding carboxylic acids is 2. The van der Waals surface area contributed by atoms with Crippen molar-refractivity contribution in [2.75, 3.05) is 18.4 Å². The van der Waals surface area contributed by atoms with Crippen LogP contribution >= 0.6 is 11.8 Å². The van der Waals surface area contributed by atoms with Gasteiger partial charge < -0.3 is 10.2 Å². The van der Waals surface area contributed by atoms with Gasteiger partial charge in [-0.3, -0.25) is 9.59 Å². The number of fused-ring (bicyclic) bond motifs is 1. The number of carbonyl (C=O) groups is 2. The summed E-state index contributed by atoms with van der Waals surface area (Å²) in [5.74, 6) is 1.25. The zero-order chi connectivity index (χ0) is 18.1. The van der Waals surface area contributed by atoms with E-state index in [1.54, 1.807) is 21.3 Å². The summed E-state index contributed by atoms with van der Waals surface area (Å²) in [6.07, 6.45) is 3.05. The van der Waals surface area contributed by atoms with Crippen LogP contribution in [0.2, 0.25) is 0 Å². The summed E-state index contributed by atoms with van der Waals surface area (Å²) in [6.45, 7) is 3.36. The fraction of sp³-hybridized carbons (Fsp3) is 0.421. The summed E-state index contributed by atoms with van der Waals surface area (Å²) < 4.78 is 1.76. The van der Waals surface area contributed by atoms with E-state index in [1.165, 1.54) is 0 Å². The van der Waals surface area contributed by atoms with Gasteiger partial charge in [0.05, 0.1) is 11.4 Å². The summed E-state index contributed by atoms with van der Waals surface area (Å²) >= 11 is 1.77. The average Bonchev–Trinajstić information content (AvgIpc) is 3.25. The number of benzene rings is 1. The Morgan fingerprint density at radius 3 is 2.54 bits per heavy atom. The third-order valence-corrected chi connectivity index (χ3v) is 5.87. The molecule has 6 nitrogen and oxygen atoms in total. The molecule has 0 bridgehead atoms. The van der Waals surface area contributed by atoms with Crippen molar-refractivity contribution < 1.29 is 9.59 Å². The van der Waals surface area contributed by atoms with Crippen molar-refractivity contribution in [3.63, 3.8) is 0 Å². The van der Waals surface area contributed by atoms with Crippen LogP contribution in [-0.4, -0.2) is 39.6 Å². The van der Waals surface area contributed by atoms with Crippen molar-refractivity contribution in [3.05, 3.63) is 41.1 Å². The molecular formula is C19H22N4O2S. The van der Waals surface area contributed by atoms with E-state index in [1.807, 2.05) is 31.2 Å². The molecule has 1 N–H and O–H groups in total. The van der Waals surface area contributed by atoms with Gasteiger partial charge in [-0.05, 0) is 38.3 Å². The summed E-state index contributed by atoms with van der Waals surface area (Å²) in [6, 6.07) is 7.99. The largest absolute Gasteiger partial charge is 0.334 e. The van der Waals surface area contributed by atoms with Gasteiger partial charge in [0.25, 0.3) is 0 Å². The lowest BCUT2D eigenvalue weighted by atomic mass is 10.1. The monoisotopic (exact) mass is 370 g/mol. The maximum Gasteiger partial charge on any atom is 0.315 e. The van der Waals surface area contributed by atoms with E-state index in [-0.39, 0.29) is 0 Å². The number of rotatable bonds is 2. The highest BCUT2D eigenvalue weighted by atomic mass is 32.2. The number of likely N-dealkylation sites (tertiary alicyclic amines) is 1. The van der Waals surface area contributed by atoms with Gasteiger partial charge in [-0.1, -0.05) is 17.7 Å². The molecule has 3 heterocycles. The van der Waals surface area contributed by atoms with E-state index in [4.69, 9.17) is 0 Å². The molecule has 2 aromatic rings. The molecule has 0 spiro atoms. The molecule has 2 amide bonds. The quantitative estimate of drug-likeness (QED) is 0.826. The summed E-state index contributed by atoms with van der Waals surface area (Å²) in [4.78, 5) is 26.7. The minimum absolute atomic E-state index is 0.444. The minimum Gasteiger partial charge on any atom is -0.334 e. The van der Waals surface area contributed by atoms with E-state index >= 15 is 0 Å². The molecule has 7 heteroatoms. The van der Waals surface area contributed by atoms with Crippen LogP contribution in [0.15, 0.2) is 24.3 Å². The molecule has 0 radical (unpaired) electrons. The maximum absolute atomic E-state index is 12.6. The van der Waals surface area contributed by atoms with Gasteiger partial charge in [0.1, 0.15) is 5.82 Å². The number of amides is 2. The molecule has 26 heavy (non-hydrogen) atoms. The Kier molecular flexibility index (Phi) is 4.72. The van der Waals surface area contributed by atoms with Gasteiger partial charge >= 0.3 is 11.8 Å². The first-order chi connectivity index (χ1) is 12.6. The maximum atomic E-state index is 12.6. The molecule has 0 saturated carbocycles. The van der Waals surface area contributed by atoms with Crippen LogP contribution in [0.25, 0.3) is 5.69 Å². The Balaban J connectivity index is 1.62. The van der Waals surface area contributed by atoms with Crippen molar-refractivity contribution in [1.82, 2.24) is 14.7 Å². The van der Waals surface area contributed by atoms with Crippen LogP contribution in [-0.2, 0) is 21.1 Å². The van der Waals surface area contributed by atoms with E-state index in [0.717, 1.165) is 53.3 Å². The van der Waals surface area contributed by atoms with Gasteiger partial charge in [-0.15, -0.1) is 0 Å². The van der Waals surface area contributed by atoms with E-state index < -0.39 is 11.8 Å². The lowest BCUT2D eigenvalue weighted by Gasteiger charge is -2.26. The summed E-state index contributed by atoms with van der Waals surface area (Å²) in [5, 5.41) is 7.53. The second-order valence-corrected chi connectivity index (χ2v) is 7.81. The molecule has 1 saturated heterocycles. The first-order valence-electron chi connectivity index (χ1n) is 8.99. The third-order valence-electron chi connectivity index (χ3n) is 4.90. The van der Waals surface area contributed by atoms with Crippen molar-refractivity contribution in [3.8, 4) is 5.69 Å². The molecule has 2 aliphatic heterocycles. The van der Waals surface area contributed by atoms with Crippen LogP contribution in [0.1, 0.15) is 36.1 Å². The van der Waals surface area contributed by atoms with E-state index in [0.29, 0.717) is 18.9 Å². The number of nitrogens with zero attached hydrogens (tertiary/aromatic N) is 3. The van der Waals surface area contributed by atoms with Crippen LogP contribution in [0.5, 0.6) is 0 Å². The van der Waals surface area contributed by atoms with Crippen LogP contribution in [0, 0.1) is 6.92 Å². The zero-order valence-electron chi connectivity index (χ0n) is 14.8. The highest BCUT2D eigenvalue weighted by molar-refractivity contribution is 7.98. The number of piperidine rings is 1. The Morgan fingerprint density at radius 1 is 1.08 bits per heavy atom. The van der Waals surface area contributed by atoms with E-state index in [9.17, 15) is 9.59 Å². The molecule has 1 fully saturated rings. The highest BCUT2D eigenvalue weighted by Crippen LogP contribution is 2.36. The smallest absolute Gasteiger partial charge is 0.315 e. The van der Waals surface area contributed by atoms with Crippen molar-refractivity contribution in [2.24, 2.45) is 0 Å². The molecule has 1 aromatic heterocycles. The Bertz CT molecular complexity index is 838. The fourth-order valence-electron chi connectivity index (χ4n) is 3.42. The standard InChI is InChI=1S/C19H22N4O2S/c1-13-5-7-14(8-6-13)23-17(15-11-26-12-16(15)21-23)20-18(24)19(25)22-9-3-2-4-10-22/h5-8H,2-4,9-12H2,1H3,(H,20,24). The molecule has 0 aliphatic carbocycles. The average molecular weight is 370 g/mol. The Morgan fingerprint density at radius 2 is 1.81 bits per heavy atom. The first-order valence-corrected chi connectivity index (χ1v) is 10.1. The first kappa shape index (κ1) is 17.1. The van der Waals surface area contributed by atoms with Crippen LogP contribution in [0.3, 0.4) is 0 Å². The van der Waals surface area contributed by atoms with Crippen molar-refractivity contribution in [1.29, 1.82) is 0 Å². The minimum atomic E-state index is -0.570. The number of aromatic nitrogens is 2. The zero-order valence-corrected chi connectivity index (χ0v) is 15.6. The third kappa shape index (κ3) is 3.23. The topological polar surface area (TPSA) is 67.2 Å². The molecule has 136 valence electrons. The second kappa shape index (κ2) is 7.15.